The largest absolute Gasteiger partial charge is 0.507 e. The number of H-pyrrole nitrogens is 1. The van der Waals surface area contributed by atoms with Crippen molar-refractivity contribution in [3.05, 3.63) is 64.3 Å². The lowest BCUT2D eigenvalue weighted by Gasteiger charge is -2.08. The van der Waals surface area contributed by atoms with Crippen molar-refractivity contribution >= 4 is 28.2 Å². The molecule has 22 heavy (non-hydrogen) atoms. The molecule has 0 saturated carbocycles. The Morgan fingerprint density at radius 3 is 2.82 bits per heavy atom. The lowest BCUT2D eigenvalue weighted by molar-refractivity contribution is -0.384. The van der Waals surface area contributed by atoms with Crippen molar-refractivity contribution in [1.82, 2.24) is 4.98 Å². The van der Waals surface area contributed by atoms with Crippen LogP contribution in [0.3, 0.4) is 0 Å². The molecule has 0 unspecified atom stereocenters. The molecule has 3 N–H and O–H groups in total. The van der Waals surface area contributed by atoms with Crippen molar-refractivity contribution < 1.29 is 14.8 Å². The molecule has 3 rings (SSSR count). The van der Waals surface area contributed by atoms with E-state index in [0.29, 0.717) is 5.69 Å². The van der Waals surface area contributed by atoms with E-state index in [-0.39, 0.29) is 17.0 Å². The number of nitro groups is 1. The normalized spacial score (nSPS) is 10.5. The topological polar surface area (TPSA) is 108 Å². The lowest BCUT2D eigenvalue weighted by atomic mass is 10.1. The van der Waals surface area contributed by atoms with Crippen LogP contribution in [0.4, 0.5) is 11.4 Å². The zero-order valence-corrected chi connectivity index (χ0v) is 11.2. The van der Waals surface area contributed by atoms with Crippen LogP contribution < -0.4 is 5.32 Å². The number of hydrogen-bond donors (Lipinski definition) is 3. The fourth-order valence-corrected chi connectivity index (χ4v) is 2.20. The van der Waals surface area contributed by atoms with Gasteiger partial charge in [0.2, 0.25) is 0 Å². The SMILES string of the molecule is O=C(Nc1cccc2[nH]ccc12)c1cc([N+](=O)[O-])ccc1O. The standard InChI is InChI=1S/C15H11N3O4/c19-14-5-4-9(18(21)22)8-11(14)15(20)17-13-3-1-2-12-10(13)6-7-16-12/h1-8,16,19H,(H,17,20). The van der Waals surface area contributed by atoms with E-state index in [4.69, 9.17) is 0 Å². The summed E-state index contributed by atoms with van der Waals surface area (Å²) in [6.07, 6.45) is 1.74. The summed E-state index contributed by atoms with van der Waals surface area (Å²) < 4.78 is 0. The first-order valence-corrected chi connectivity index (χ1v) is 6.41. The molecule has 0 aliphatic carbocycles. The monoisotopic (exact) mass is 297 g/mol. The minimum Gasteiger partial charge on any atom is -0.507 e. The summed E-state index contributed by atoms with van der Waals surface area (Å²) in [6.45, 7) is 0. The number of anilines is 1. The lowest BCUT2D eigenvalue weighted by Crippen LogP contribution is -2.12. The highest BCUT2D eigenvalue weighted by Crippen LogP contribution is 2.26. The number of aromatic nitrogens is 1. The second kappa shape index (κ2) is 5.21. The minimum atomic E-state index is -0.622. The van der Waals surface area contributed by atoms with Crippen LogP contribution in [0.15, 0.2) is 48.7 Å². The molecule has 0 saturated heterocycles. The van der Waals surface area contributed by atoms with Gasteiger partial charge in [-0.05, 0) is 24.3 Å². The Morgan fingerprint density at radius 2 is 2.05 bits per heavy atom. The van der Waals surface area contributed by atoms with Crippen LogP contribution in [0.2, 0.25) is 0 Å². The van der Waals surface area contributed by atoms with Crippen molar-refractivity contribution in [1.29, 1.82) is 0 Å². The van der Waals surface area contributed by atoms with Crippen LogP contribution in [-0.2, 0) is 0 Å². The van der Waals surface area contributed by atoms with Gasteiger partial charge in [0.15, 0.2) is 0 Å². The van der Waals surface area contributed by atoms with Crippen molar-refractivity contribution in [3.8, 4) is 5.75 Å². The van der Waals surface area contributed by atoms with E-state index < -0.39 is 10.8 Å². The van der Waals surface area contributed by atoms with E-state index in [1.54, 1.807) is 24.4 Å². The van der Waals surface area contributed by atoms with Gasteiger partial charge in [-0.3, -0.25) is 14.9 Å². The fourth-order valence-electron chi connectivity index (χ4n) is 2.20. The average Bonchev–Trinajstić information content (AvgIpc) is 2.97. The molecule has 0 spiro atoms. The number of non-ortho nitro benzene ring substituents is 1. The van der Waals surface area contributed by atoms with Crippen molar-refractivity contribution in [3.63, 3.8) is 0 Å². The van der Waals surface area contributed by atoms with Crippen LogP contribution in [0, 0.1) is 10.1 Å². The number of carbonyl (C=O) groups is 1. The van der Waals surface area contributed by atoms with Crippen LogP contribution in [0.25, 0.3) is 10.9 Å². The molecule has 0 bridgehead atoms. The van der Waals surface area contributed by atoms with Crippen molar-refractivity contribution in [2.45, 2.75) is 0 Å². The number of phenolic OH excluding ortho intramolecular Hbond substituents is 1. The Bertz CT molecular complexity index is 885. The minimum absolute atomic E-state index is 0.151. The van der Waals surface area contributed by atoms with Gasteiger partial charge < -0.3 is 15.4 Å². The first kappa shape index (κ1) is 13.6. The van der Waals surface area contributed by atoms with Gasteiger partial charge in [0.25, 0.3) is 11.6 Å². The first-order valence-electron chi connectivity index (χ1n) is 6.41. The maximum atomic E-state index is 12.3. The predicted molar refractivity (Wildman–Crippen MR) is 81.0 cm³/mol. The molecule has 1 amide bonds. The van der Waals surface area contributed by atoms with E-state index in [1.165, 1.54) is 0 Å². The highest BCUT2D eigenvalue weighted by atomic mass is 16.6. The average molecular weight is 297 g/mol. The molecule has 0 fully saturated rings. The number of hydrogen-bond acceptors (Lipinski definition) is 4. The fraction of sp³-hybridized carbons (Fsp3) is 0. The van der Waals surface area contributed by atoms with Gasteiger partial charge in [0.1, 0.15) is 5.75 Å². The number of rotatable bonds is 3. The van der Waals surface area contributed by atoms with Gasteiger partial charge in [-0.25, -0.2) is 0 Å². The number of nitrogens with one attached hydrogen (secondary N) is 2. The Labute approximate surface area is 124 Å². The predicted octanol–water partition coefficient (Wildman–Crippen LogP) is 3.03. The second-order valence-electron chi connectivity index (χ2n) is 4.66. The molecular formula is C15H11N3O4. The number of amides is 1. The molecular weight excluding hydrogens is 286 g/mol. The van der Waals surface area contributed by atoms with E-state index in [1.807, 2.05) is 6.07 Å². The molecule has 7 nitrogen and oxygen atoms in total. The van der Waals surface area contributed by atoms with E-state index in [2.05, 4.69) is 10.3 Å². The maximum absolute atomic E-state index is 12.3. The first-order chi connectivity index (χ1) is 10.6. The summed E-state index contributed by atoms with van der Waals surface area (Å²) in [7, 11) is 0. The number of nitro benzene ring substituents is 1. The van der Waals surface area contributed by atoms with Crippen molar-refractivity contribution in [2.75, 3.05) is 5.32 Å². The Morgan fingerprint density at radius 1 is 1.23 bits per heavy atom. The summed E-state index contributed by atoms with van der Waals surface area (Å²) >= 11 is 0. The maximum Gasteiger partial charge on any atom is 0.270 e. The molecule has 7 heteroatoms. The van der Waals surface area contributed by atoms with Gasteiger partial charge in [0.05, 0.1) is 16.2 Å². The van der Waals surface area contributed by atoms with E-state index >= 15 is 0 Å². The number of aromatic hydroxyl groups is 1. The van der Waals surface area contributed by atoms with Crippen LogP contribution in [-0.4, -0.2) is 20.9 Å². The molecule has 1 aromatic heterocycles. The zero-order valence-electron chi connectivity index (χ0n) is 11.2. The molecule has 2 aromatic carbocycles. The summed E-state index contributed by atoms with van der Waals surface area (Å²) in [5, 5.41) is 24.0. The molecule has 3 aromatic rings. The van der Waals surface area contributed by atoms with Gasteiger partial charge in [-0.1, -0.05) is 6.07 Å². The number of carbonyl (C=O) groups excluding carboxylic acids is 1. The molecule has 1 heterocycles. The van der Waals surface area contributed by atoms with E-state index in [9.17, 15) is 20.0 Å². The highest BCUT2D eigenvalue weighted by Gasteiger charge is 2.17. The number of benzene rings is 2. The third-order valence-corrected chi connectivity index (χ3v) is 3.28. The molecule has 0 atom stereocenters. The van der Waals surface area contributed by atoms with Crippen LogP contribution >= 0.6 is 0 Å². The second-order valence-corrected chi connectivity index (χ2v) is 4.66. The Hall–Kier alpha value is -3.35. The summed E-state index contributed by atoms with van der Waals surface area (Å²) in [5.41, 5.74) is 0.986. The van der Waals surface area contributed by atoms with Crippen molar-refractivity contribution in [2.24, 2.45) is 0 Å². The Kier molecular flexibility index (Phi) is 3.23. The highest BCUT2D eigenvalue weighted by molar-refractivity contribution is 6.10. The molecule has 0 radical (unpaired) electrons. The smallest absolute Gasteiger partial charge is 0.270 e. The third-order valence-electron chi connectivity index (χ3n) is 3.28. The quantitative estimate of drug-likeness (QED) is 0.510. The molecule has 0 aliphatic heterocycles. The summed E-state index contributed by atoms with van der Waals surface area (Å²) in [4.78, 5) is 25.4. The van der Waals surface area contributed by atoms with Gasteiger partial charge in [0, 0.05) is 29.2 Å². The van der Waals surface area contributed by atoms with Crippen LogP contribution in [0.1, 0.15) is 10.4 Å². The number of phenols is 1. The van der Waals surface area contributed by atoms with Gasteiger partial charge in [-0.15, -0.1) is 0 Å². The number of nitrogens with zero attached hydrogens (tertiary/aromatic N) is 1. The third kappa shape index (κ3) is 2.35. The zero-order chi connectivity index (χ0) is 15.7. The molecule has 110 valence electrons. The number of aromatic amines is 1. The summed E-state index contributed by atoms with van der Waals surface area (Å²) in [6, 6.07) is 10.4. The van der Waals surface area contributed by atoms with Crippen LogP contribution in [0.5, 0.6) is 5.75 Å². The number of fused-ring (bicyclic) bond motifs is 1. The molecule has 0 aliphatic rings. The van der Waals surface area contributed by atoms with Gasteiger partial charge >= 0.3 is 0 Å². The summed E-state index contributed by atoms with van der Waals surface area (Å²) in [5.74, 6) is -0.931. The van der Waals surface area contributed by atoms with Gasteiger partial charge in [-0.2, -0.15) is 0 Å². The van der Waals surface area contributed by atoms with E-state index in [0.717, 1.165) is 29.1 Å². The Balaban J connectivity index is 1.96.